The van der Waals surface area contributed by atoms with Crippen LogP contribution in [0.1, 0.15) is 63.1 Å². The van der Waals surface area contributed by atoms with Crippen molar-refractivity contribution in [3.8, 4) is 5.75 Å². The number of aliphatic hydroxyl groups excluding tert-OH is 1. The Morgan fingerprint density at radius 1 is 0.944 bits per heavy atom. The van der Waals surface area contributed by atoms with Crippen LogP contribution in [0, 0.1) is 5.82 Å². The maximum Gasteiger partial charge on any atom is 0.295 e. The largest absolute Gasteiger partial charge is 0.507 e. The van der Waals surface area contributed by atoms with E-state index >= 15 is 0 Å². The van der Waals surface area contributed by atoms with Gasteiger partial charge in [-0.2, -0.15) is 0 Å². The zero-order valence-electron chi connectivity index (χ0n) is 21.5. The Morgan fingerprint density at radius 2 is 1.53 bits per heavy atom. The van der Waals surface area contributed by atoms with Gasteiger partial charge in [0.1, 0.15) is 17.3 Å². The molecular weight excluding hydrogens is 459 g/mol. The molecule has 1 amide bonds. The molecule has 1 unspecified atom stereocenters. The zero-order valence-corrected chi connectivity index (χ0v) is 21.5. The average molecular weight is 497 g/mol. The van der Waals surface area contributed by atoms with Gasteiger partial charge in [0.2, 0.25) is 0 Å². The summed E-state index contributed by atoms with van der Waals surface area (Å²) >= 11 is 0. The number of unbranched alkanes of at least 4 members (excludes halogenated alkanes) is 2. The zero-order chi connectivity index (χ0) is 26.1. The molecule has 1 atom stereocenters. The second-order valence-electron chi connectivity index (χ2n) is 9.17. The van der Waals surface area contributed by atoms with Gasteiger partial charge in [-0.3, -0.25) is 9.59 Å². The first-order valence-corrected chi connectivity index (χ1v) is 12.8. The van der Waals surface area contributed by atoms with Crippen LogP contribution in [0.25, 0.3) is 5.76 Å². The first kappa shape index (κ1) is 27.4. The third-order valence-corrected chi connectivity index (χ3v) is 6.62. The lowest BCUT2D eigenvalue weighted by molar-refractivity contribution is -0.140. The Bertz CT molecular complexity index is 1040. The molecule has 1 aliphatic heterocycles. The highest BCUT2D eigenvalue weighted by Gasteiger charge is 2.45. The van der Waals surface area contributed by atoms with Gasteiger partial charge in [0.15, 0.2) is 0 Å². The summed E-state index contributed by atoms with van der Waals surface area (Å²) in [7, 11) is 1.57. The van der Waals surface area contributed by atoms with E-state index in [9.17, 15) is 19.1 Å². The number of benzene rings is 2. The van der Waals surface area contributed by atoms with Crippen LogP contribution in [0.15, 0.2) is 54.1 Å². The third kappa shape index (κ3) is 6.52. The van der Waals surface area contributed by atoms with Gasteiger partial charge in [0.05, 0.1) is 18.7 Å². The summed E-state index contributed by atoms with van der Waals surface area (Å²) in [6.45, 7) is 7.59. The van der Waals surface area contributed by atoms with Crippen LogP contribution in [-0.4, -0.2) is 59.9 Å². The summed E-state index contributed by atoms with van der Waals surface area (Å²) in [6, 6.07) is 11.6. The van der Waals surface area contributed by atoms with Crippen molar-refractivity contribution in [1.29, 1.82) is 0 Å². The maximum atomic E-state index is 13.5. The van der Waals surface area contributed by atoms with Gasteiger partial charge in [-0.1, -0.05) is 38.8 Å². The van der Waals surface area contributed by atoms with Gasteiger partial charge in [0, 0.05) is 12.1 Å². The van der Waals surface area contributed by atoms with Crippen LogP contribution < -0.4 is 4.74 Å². The van der Waals surface area contributed by atoms with Crippen molar-refractivity contribution in [3.05, 3.63) is 71.0 Å². The number of likely N-dealkylation sites (tertiary alicyclic amines) is 1. The Kier molecular flexibility index (Phi) is 10.1. The topological polar surface area (TPSA) is 70.1 Å². The fraction of sp³-hybridized carbons (Fsp3) is 0.448. The number of hydrogen-bond acceptors (Lipinski definition) is 5. The van der Waals surface area contributed by atoms with E-state index in [0.717, 1.165) is 45.3 Å². The molecule has 0 bridgehead atoms. The molecule has 0 aromatic heterocycles. The van der Waals surface area contributed by atoms with E-state index in [1.165, 1.54) is 24.3 Å². The van der Waals surface area contributed by atoms with E-state index < -0.39 is 23.5 Å². The van der Waals surface area contributed by atoms with Gasteiger partial charge in [-0.25, -0.2) is 4.39 Å². The molecule has 2 aromatic carbocycles. The molecule has 1 N–H and O–H groups in total. The van der Waals surface area contributed by atoms with Gasteiger partial charge < -0.3 is 19.6 Å². The Labute approximate surface area is 213 Å². The van der Waals surface area contributed by atoms with Crippen molar-refractivity contribution in [1.82, 2.24) is 9.80 Å². The molecule has 6 nitrogen and oxygen atoms in total. The van der Waals surface area contributed by atoms with Crippen molar-refractivity contribution in [2.45, 2.75) is 52.0 Å². The fourth-order valence-electron chi connectivity index (χ4n) is 4.57. The highest BCUT2D eigenvalue weighted by Crippen LogP contribution is 2.39. The predicted octanol–water partition coefficient (Wildman–Crippen LogP) is 5.55. The minimum atomic E-state index is -0.735. The smallest absolute Gasteiger partial charge is 0.295 e. The summed E-state index contributed by atoms with van der Waals surface area (Å²) < 4.78 is 18.7. The van der Waals surface area contributed by atoms with Crippen molar-refractivity contribution >= 4 is 17.4 Å². The fourth-order valence-corrected chi connectivity index (χ4v) is 4.57. The normalized spacial score (nSPS) is 17.2. The number of carbonyl (C=O) groups is 2. The minimum absolute atomic E-state index is 0.0191. The first-order valence-electron chi connectivity index (χ1n) is 12.8. The van der Waals surface area contributed by atoms with E-state index in [4.69, 9.17) is 4.74 Å². The molecule has 36 heavy (non-hydrogen) atoms. The summed E-state index contributed by atoms with van der Waals surface area (Å²) in [5.74, 6) is -1.46. The quantitative estimate of drug-likeness (QED) is 0.224. The number of nitrogens with zero attached hydrogens (tertiary/aromatic N) is 2. The molecule has 1 fully saturated rings. The van der Waals surface area contributed by atoms with Crippen LogP contribution in [0.5, 0.6) is 5.75 Å². The third-order valence-electron chi connectivity index (χ3n) is 6.62. The summed E-state index contributed by atoms with van der Waals surface area (Å²) in [6.07, 6.45) is 5.20. The number of Topliss-reactive ketones (excluding diaryl/α,β-unsaturated/α-hetero) is 1. The van der Waals surface area contributed by atoms with Crippen molar-refractivity contribution in [2.24, 2.45) is 0 Å². The van der Waals surface area contributed by atoms with Crippen LogP contribution in [0.4, 0.5) is 4.39 Å². The van der Waals surface area contributed by atoms with E-state index in [0.29, 0.717) is 29.8 Å². The lowest BCUT2D eigenvalue weighted by Gasteiger charge is -2.27. The molecule has 0 radical (unpaired) electrons. The Hall–Kier alpha value is -3.19. The predicted molar refractivity (Wildman–Crippen MR) is 139 cm³/mol. The number of hydrogen-bond donors (Lipinski definition) is 1. The molecule has 2 aromatic rings. The molecule has 3 rings (SSSR count). The molecule has 1 aliphatic rings. The lowest BCUT2D eigenvalue weighted by atomic mass is 9.95. The highest BCUT2D eigenvalue weighted by atomic mass is 19.1. The SMILES string of the molecule is CCCCN(CCCC)CCCN1C(=O)C(=O)/C(=C(\O)c2ccc(F)cc2)C1c1ccc(OC)cc1. The van der Waals surface area contributed by atoms with Gasteiger partial charge in [-0.15, -0.1) is 0 Å². The summed E-state index contributed by atoms with van der Waals surface area (Å²) in [4.78, 5) is 30.3. The number of methoxy groups -OCH3 is 1. The highest BCUT2D eigenvalue weighted by molar-refractivity contribution is 6.46. The second kappa shape index (κ2) is 13.2. The standard InChI is InChI=1S/C29H37FN2O4/c1-4-6-17-31(18-7-5-2)19-8-20-32-26(21-11-15-24(36-3)16-12-21)25(28(34)29(32)35)27(33)22-9-13-23(30)14-10-22/h9-16,26,33H,4-8,17-20H2,1-3H3/b27-25-. The van der Waals surface area contributed by atoms with Crippen LogP contribution in [0.3, 0.4) is 0 Å². The van der Waals surface area contributed by atoms with Crippen molar-refractivity contribution < 1.29 is 23.8 Å². The van der Waals surface area contributed by atoms with Crippen molar-refractivity contribution in [3.63, 3.8) is 0 Å². The van der Waals surface area contributed by atoms with Gasteiger partial charge >= 0.3 is 0 Å². The number of ketones is 1. The Balaban J connectivity index is 1.91. The molecule has 0 aliphatic carbocycles. The lowest BCUT2D eigenvalue weighted by Crippen LogP contribution is -2.34. The molecule has 194 valence electrons. The van der Waals surface area contributed by atoms with Gasteiger partial charge in [-0.05, 0) is 80.9 Å². The first-order chi connectivity index (χ1) is 17.4. The molecule has 1 heterocycles. The Morgan fingerprint density at radius 3 is 2.08 bits per heavy atom. The average Bonchev–Trinajstić information content (AvgIpc) is 3.15. The number of ether oxygens (including phenoxy) is 1. The molecule has 0 spiro atoms. The summed E-state index contributed by atoms with van der Waals surface area (Å²) in [5, 5.41) is 11.1. The molecule has 7 heteroatoms. The maximum absolute atomic E-state index is 13.5. The number of aliphatic hydroxyl groups is 1. The van der Waals surface area contributed by atoms with Crippen LogP contribution >= 0.6 is 0 Å². The van der Waals surface area contributed by atoms with E-state index in [-0.39, 0.29) is 11.3 Å². The molecule has 1 saturated heterocycles. The van der Waals surface area contributed by atoms with E-state index in [1.54, 1.807) is 36.3 Å². The van der Waals surface area contributed by atoms with Crippen LogP contribution in [-0.2, 0) is 9.59 Å². The van der Waals surface area contributed by atoms with Crippen molar-refractivity contribution in [2.75, 3.05) is 33.3 Å². The van der Waals surface area contributed by atoms with E-state index in [1.807, 2.05) is 0 Å². The second-order valence-corrected chi connectivity index (χ2v) is 9.17. The van der Waals surface area contributed by atoms with Gasteiger partial charge in [0.25, 0.3) is 11.7 Å². The molecular formula is C29H37FN2O4. The number of halogens is 1. The summed E-state index contributed by atoms with van der Waals surface area (Å²) in [5.41, 5.74) is 1.01. The number of carbonyl (C=O) groups excluding carboxylic acids is 2. The monoisotopic (exact) mass is 496 g/mol. The van der Waals surface area contributed by atoms with Crippen LogP contribution in [0.2, 0.25) is 0 Å². The minimum Gasteiger partial charge on any atom is -0.507 e. The van der Waals surface area contributed by atoms with E-state index in [2.05, 4.69) is 18.7 Å². The molecule has 0 saturated carbocycles. The number of rotatable bonds is 13. The number of amides is 1.